The lowest BCUT2D eigenvalue weighted by molar-refractivity contribution is -0.109. The molecule has 0 saturated carbocycles. The molecule has 0 spiro atoms. The Morgan fingerprint density at radius 3 is 2.80 bits per heavy atom. The van der Waals surface area contributed by atoms with E-state index in [9.17, 15) is 0 Å². The number of hydrogen-bond donors (Lipinski definition) is 4. The molecular formula is C9H16ClN3O2. The number of nitrogens with two attached hydrogens (primary N) is 1. The molecule has 0 fully saturated rings. The van der Waals surface area contributed by atoms with Crippen molar-refractivity contribution in [3.8, 4) is 0 Å². The molecule has 2 unspecified atom stereocenters. The van der Waals surface area contributed by atoms with Crippen LogP contribution in [0.25, 0.3) is 0 Å². The number of hydrogen-bond acceptors (Lipinski definition) is 4. The number of carbonyl (C=O) groups excluding carboxylic acids is 1. The van der Waals surface area contributed by atoms with Gasteiger partial charge in [-0.05, 0) is 25.5 Å². The van der Waals surface area contributed by atoms with Gasteiger partial charge in [0.15, 0.2) is 0 Å². The number of alkyl halides is 1. The van der Waals surface area contributed by atoms with E-state index in [1.807, 2.05) is 18.2 Å². The Morgan fingerprint density at radius 2 is 2.40 bits per heavy atom. The van der Waals surface area contributed by atoms with Gasteiger partial charge < -0.3 is 10.4 Å². The summed E-state index contributed by atoms with van der Waals surface area (Å²) >= 11 is 5.85. The molecule has 15 heavy (non-hydrogen) atoms. The summed E-state index contributed by atoms with van der Waals surface area (Å²) in [6.45, 7) is 1.67. The molecule has 86 valence electrons. The summed E-state index contributed by atoms with van der Waals surface area (Å²) in [5, 5.41) is 11.9. The second-order valence-electron chi connectivity index (χ2n) is 2.88. The minimum Gasteiger partial charge on any atom is -0.374 e. The molecule has 1 aliphatic carbocycles. The molecule has 2 atom stereocenters. The number of rotatable bonds is 3. The number of amides is 1. The third-order valence-electron chi connectivity index (χ3n) is 1.46. The molecule has 0 aromatic rings. The normalized spacial score (nSPS) is 20.5. The first-order valence-electron chi connectivity index (χ1n) is 4.47. The van der Waals surface area contributed by atoms with Gasteiger partial charge in [-0.3, -0.25) is 10.2 Å². The van der Waals surface area contributed by atoms with E-state index in [0.717, 1.165) is 12.1 Å². The lowest BCUT2D eigenvalue weighted by Crippen LogP contribution is -2.25. The molecule has 6 heteroatoms. The molecule has 0 saturated heterocycles. The monoisotopic (exact) mass is 233 g/mol. The largest absolute Gasteiger partial charge is 0.374 e. The Kier molecular flexibility index (Phi) is 7.71. The molecule has 0 bridgehead atoms. The first kappa shape index (κ1) is 14.0. The van der Waals surface area contributed by atoms with Crippen LogP contribution in [0.4, 0.5) is 0 Å². The van der Waals surface area contributed by atoms with Crippen molar-refractivity contribution in [2.75, 3.05) is 0 Å². The molecule has 0 aromatic heterocycles. The van der Waals surface area contributed by atoms with Crippen molar-refractivity contribution in [2.45, 2.75) is 24.9 Å². The molecule has 1 aliphatic rings. The van der Waals surface area contributed by atoms with Gasteiger partial charge in [-0.1, -0.05) is 6.08 Å². The zero-order valence-electron chi connectivity index (χ0n) is 8.48. The summed E-state index contributed by atoms with van der Waals surface area (Å²) in [4.78, 5) is 8.94. The number of allylic oxidation sites excluding steroid dienone is 3. The highest BCUT2D eigenvalue weighted by molar-refractivity contribution is 6.22. The van der Waals surface area contributed by atoms with Crippen LogP contribution in [0.5, 0.6) is 0 Å². The smallest absolute Gasteiger partial charge is 0.221 e. The van der Waals surface area contributed by atoms with Crippen LogP contribution in [0.15, 0.2) is 23.9 Å². The van der Waals surface area contributed by atoms with Crippen molar-refractivity contribution < 1.29 is 9.90 Å². The third kappa shape index (κ3) is 7.99. The molecule has 0 aromatic carbocycles. The zero-order valence-corrected chi connectivity index (χ0v) is 9.24. The maximum absolute atomic E-state index is 8.96. The minimum absolute atomic E-state index is 0.0567. The van der Waals surface area contributed by atoms with Crippen molar-refractivity contribution in [3.05, 3.63) is 23.9 Å². The van der Waals surface area contributed by atoms with E-state index in [1.54, 1.807) is 12.3 Å². The first-order chi connectivity index (χ1) is 7.10. The number of aliphatic hydroxyl groups is 1. The number of carbonyl (C=O) groups is 1. The SMILES string of the molecule is CC(O)NC1=CC(Cl)CC=C1.NNC=O. The number of halogens is 1. The van der Waals surface area contributed by atoms with Crippen molar-refractivity contribution in [1.82, 2.24) is 10.7 Å². The van der Waals surface area contributed by atoms with E-state index in [4.69, 9.17) is 21.5 Å². The summed E-state index contributed by atoms with van der Waals surface area (Å²) in [5.41, 5.74) is 2.64. The van der Waals surface area contributed by atoms with Gasteiger partial charge in [-0.15, -0.1) is 11.6 Å². The molecule has 0 radical (unpaired) electrons. The maximum atomic E-state index is 8.96. The molecule has 0 aliphatic heterocycles. The predicted octanol–water partition coefficient (Wildman–Crippen LogP) is -0.0284. The van der Waals surface area contributed by atoms with Gasteiger partial charge in [-0.25, -0.2) is 5.84 Å². The van der Waals surface area contributed by atoms with E-state index in [1.165, 1.54) is 0 Å². The van der Waals surface area contributed by atoms with Crippen molar-refractivity contribution in [3.63, 3.8) is 0 Å². The quantitative estimate of drug-likeness (QED) is 0.138. The minimum atomic E-state index is -0.520. The van der Waals surface area contributed by atoms with Crippen molar-refractivity contribution >= 4 is 18.0 Å². The van der Waals surface area contributed by atoms with Gasteiger partial charge in [-0.2, -0.15) is 0 Å². The van der Waals surface area contributed by atoms with E-state index in [-0.39, 0.29) is 5.38 Å². The Bertz CT molecular complexity index is 242. The average Bonchev–Trinajstić information content (AvgIpc) is 2.17. The van der Waals surface area contributed by atoms with Crippen LogP contribution in [0.1, 0.15) is 13.3 Å². The fourth-order valence-electron chi connectivity index (χ4n) is 0.981. The molecule has 1 rings (SSSR count). The highest BCUT2D eigenvalue weighted by Crippen LogP contribution is 2.13. The Labute approximate surface area is 93.9 Å². The summed E-state index contributed by atoms with van der Waals surface area (Å²) in [6, 6.07) is 0. The molecule has 0 heterocycles. The van der Waals surface area contributed by atoms with Crippen molar-refractivity contribution in [2.24, 2.45) is 5.84 Å². The second kappa shape index (κ2) is 8.28. The number of aliphatic hydroxyl groups excluding tert-OH is 1. The average molecular weight is 234 g/mol. The standard InChI is InChI=1S/C8H12ClNO.CH4N2O/c1-6(11)10-8-4-2-3-7(9)5-8;2-3-1-4/h2,4-7,10-11H,3H2,1H3;1H,2H2,(H,3,4). The van der Waals surface area contributed by atoms with Crippen LogP contribution in [0, 0.1) is 0 Å². The van der Waals surface area contributed by atoms with E-state index >= 15 is 0 Å². The van der Waals surface area contributed by atoms with E-state index < -0.39 is 6.23 Å². The van der Waals surface area contributed by atoms with E-state index in [2.05, 4.69) is 11.2 Å². The highest BCUT2D eigenvalue weighted by atomic mass is 35.5. The summed E-state index contributed by atoms with van der Waals surface area (Å²) in [7, 11) is 0. The Morgan fingerprint density at radius 1 is 1.80 bits per heavy atom. The fraction of sp³-hybridized carbons (Fsp3) is 0.444. The molecular weight excluding hydrogens is 218 g/mol. The first-order valence-corrected chi connectivity index (χ1v) is 4.90. The zero-order chi connectivity index (χ0) is 11.7. The summed E-state index contributed by atoms with van der Waals surface area (Å²) in [6.07, 6.45) is 6.56. The van der Waals surface area contributed by atoms with Gasteiger partial charge in [0.25, 0.3) is 0 Å². The molecule has 5 N–H and O–H groups in total. The number of nitrogens with one attached hydrogen (secondary N) is 2. The van der Waals surface area contributed by atoms with Crippen LogP contribution in [-0.4, -0.2) is 23.1 Å². The van der Waals surface area contributed by atoms with Gasteiger partial charge >= 0.3 is 0 Å². The lowest BCUT2D eigenvalue weighted by Gasteiger charge is -2.14. The van der Waals surface area contributed by atoms with Gasteiger partial charge in [0.2, 0.25) is 6.41 Å². The van der Waals surface area contributed by atoms with Gasteiger partial charge in [0.1, 0.15) is 6.23 Å². The lowest BCUT2D eigenvalue weighted by atomic mass is 10.1. The molecule has 5 nitrogen and oxygen atoms in total. The van der Waals surface area contributed by atoms with Crippen LogP contribution < -0.4 is 16.6 Å². The fourth-order valence-corrected chi connectivity index (χ4v) is 1.22. The third-order valence-corrected chi connectivity index (χ3v) is 1.77. The van der Waals surface area contributed by atoms with Gasteiger partial charge in [0, 0.05) is 5.70 Å². The van der Waals surface area contributed by atoms with Crippen LogP contribution in [0.2, 0.25) is 0 Å². The van der Waals surface area contributed by atoms with Crippen molar-refractivity contribution in [1.29, 1.82) is 0 Å². The highest BCUT2D eigenvalue weighted by Gasteiger charge is 2.05. The Balaban J connectivity index is 0.000000423. The second-order valence-corrected chi connectivity index (χ2v) is 3.44. The van der Waals surface area contributed by atoms with Gasteiger partial charge in [0.05, 0.1) is 5.38 Å². The maximum Gasteiger partial charge on any atom is 0.221 e. The summed E-state index contributed by atoms with van der Waals surface area (Å²) in [5.74, 6) is 4.41. The molecule has 1 amide bonds. The van der Waals surface area contributed by atoms with E-state index in [0.29, 0.717) is 6.41 Å². The van der Waals surface area contributed by atoms with Crippen LogP contribution in [0.3, 0.4) is 0 Å². The topological polar surface area (TPSA) is 87.4 Å². The summed E-state index contributed by atoms with van der Waals surface area (Å²) < 4.78 is 0. The number of hydrazine groups is 1. The van der Waals surface area contributed by atoms with Crippen LogP contribution in [-0.2, 0) is 4.79 Å². The van der Waals surface area contributed by atoms with Crippen LogP contribution >= 0.6 is 11.6 Å². The Hall–Kier alpha value is -1.04. The predicted molar refractivity (Wildman–Crippen MR) is 59.7 cm³/mol.